The molecule has 0 aliphatic rings. The number of benzene rings is 5. The first-order valence-corrected chi connectivity index (χ1v) is 52.4. The lowest BCUT2D eigenvalue weighted by molar-refractivity contribution is 0.0594. The van der Waals surface area contributed by atoms with Gasteiger partial charge in [-0.05, 0) is 366 Å². The molecule has 0 atom stereocenters. The summed E-state index contributed by atoms with van der Waals surface area (Å²) in [6.07, 6.45) is 60.4. The lowest BCUT2D eigenvalue weighted by atomic mass is 10.0. The van der Waals surface area contributed by atoms with E-state index in [0.717, 1.165) is 185 Å². The second kappa shape index (κ2) is 80.2. The fourth-order valence-corrected chi connectivity index (χ4v) is 18.3. The summed E-state index contributed by atoms with van der Waals surface area (Å²) in [7, 11) is 1.42. The van der Waals surface area contributed by atoms with Gasteiger partial charge in [0.05, 0.1) is 34.9 Å². The zero-order valence-electron chi connectivity index (χ0n) is 84.6. The van der Waals surface area contributed by atoms with Gasteiger partial charge >= 0.3 is 29.8 Å². The molecule has 5 aromatic carbocycles. The predicted molar refractivity (Wildman–Crippen MR) is 605 cm³/mol. The molecule has 0 aliphatic heterocycles. The molecule has 137 heavy (non-hydrogen) atoms. The summed E-state index contributed by atoms with van der Waals surface area (Å²) in [5.74, 6) is -0.763. The maximum absolute atomic E-state index is 13.2. The van der Waals surface area contributed by atoms with Crippen LogP contribution < -0.4 is 0 Å². The molecule has 0 saturated heterocycles. The van der Waals surface area contributed by atoms with Crippen molar-refractivity contribution in [2.75, 3.05) is 35.9 Å². The molecule has 18 heteroatoms. The summed E-state index contributed by atoms with van der Waals surface area (Å²) in [5, 5.41) is 37.9. The second-order valence-corrected chi connectivity index (χ2v) is 41.3. The summed E-state index contributed by atoms with van der Waals surface area (Å²) in [6.45, 7) is 45.3. The highest BCUT2D eigenvalue weighted by Gasteiger charge is 2.16. The van der Waals surface area contributed by atoms with E-state index in [1.165, 1.54) is 150 Å². The lowest BCUT2D eigenvalue weighted by Crippen LogP contribution is -2.02. The Morgan fingerprint density at radius 2 is 0.474 bits per heavy atom. The standard InChI is InChI=1S/C27H38O2S.C23H32O2S.2C22H29ClO2S.C22H29FO2S.3CH4/c1-21(2)11-8-12-22(3)13-9-14-23(4)15-10-16-24(5)19-20-30-26-18-7-6-17-25(26)27(28)29;1-18(2)10-8-11-19(3)12-9-13-20(4)16-17-26-22-15-7-6-14-21(22)23(24)25-5;1-16(2)7-5-8-17(3)9-6-10-18(4)13-14-26-21-12-11-19(23)15-20(21)22(24)25;1-16(2)7-5-8-17(3)9-6-10-18(4)13-14-26-21-15-19(23)11-12-20(21)22(24)25;1-16(2)7-5-8-17(3)9-6-10-18(4)13-14-26-21-12-11-19(23)15-20(21)22(24)25;;;/h6-7,11,13,15,17-19H,8-10,12,14,16,20H2,1-5H3,(H,28,29);6-7,10,12,14-16H,8-9,11,13,17H2,1-5H3;3*7,9,11-13,15H,5-6,8,10,14H2,1-4H3,(H,24,25);3*1H4/b22-13+,23-15+,24-19+;19-12+,20-16+;3*17-9+,18-13+;;;. The van der Waals surface area contributed by atoms with Crippen LogP contribution in [0.15, 0.2) is 314 Å². The molecular weight excluding hydrogens is 1840 g/mol. The first-order chi connectivity index (χ1) is 63.6. The summed E-state index contributed by atoms with van der Waals surface area (Å²) in [4.78, 5) is 60.7. The van der Waals surface area contributed by atoms with Gasteiger partial charge < -0.3 is 25.2 Å². The van der Waals surface area contributed by atoms with E-state index in [1.807, 2.05) is 36.4 Å². The number of methoxy groups -OCH3 is 1. The van der Waals surface area contributed by atoms with Gasteiger partial charge in [0.1, 0.15) is 5.82 Å². The van der Waals surface area contributed by atoms with Crippen LogP contribution in [0, 0.1) is 5.82 Å². The third-order valence-corrected chi connectivity index (χ3v) is 26.4. The molecule has 5 aromatic rings. The highest BCUT2D eigenvalue weighted by atomic mass is 35.5. The van der Waals surface area contributed by atoms with Crippen molar-refractivity contribution in [3.05, 3.63) is 333 Å². The van der Waals surface area contributed by atoms with Crippen molar-refractivity contribution in [1.29, 1.82) is 0 Å². The molecule has 0 fully saturated rings. The molecule has 0 spiro atoms. The molecule has 0 aliphatic carbocycles. The first-order valence-electron chi connectivity index (χ1n) is 46.7. The van der Waals surface area contributed by atoms with Gasteiger partial charge in [0.25, 0.3) is 0 Å². The number of carboxylic acid groups (broad SMARTS) is 4. The van der Waals surface area contributed by atoms with E-state index < -0.39 is 29.7 Å². The summed E-state index contributed by atoms with van der Waals surface area (Å²) in [5.41, 5.74) is 23.9. The molecule has 5 rings (SSSR count). The number of rotatable bonds is 53. The minimum absolute atomic E-state index is 0. The Labute approximate surface area is 861 Å². The van der Waals surface area contributed by atoms with Gasteiger partial charge in [-0.3, -0.25) is 0 Å². The van der Waals surface area contributed by atoms with Gasteiger partial charge in [0.2, 0.25) is 0 Å². The van der Waals surface area contributed by atoms with Crippen LogP contribution in [-0.4, -0.2) is 86.1 Å². The van der Waals surface area contributed by atoms with Crippen LogP contribution in [-0.2, 0) is 4.74 Å². The van der Waals surface area contributed by atoms with Crippen molar-refractivity contribution >= 4 is 112 Å². The number of halogens is 3. The third kappa shape index (κ3) is 69.1. The maximum atomic E-state index is 13.2. The van der Waals surface area contributed by atoms with Crippen LogP contribution >= 0.6 is 82.0 Å². The molecule has 0 saturated carbocycles. The number of thioether (sulfide) groups is 5. The van der Waals surface area contributed by atoms with E-state index in [2.05, 4.69) is 243 Å². The van der Waals surface area contributed by atoms with Gasteiger partial charge in [-0.2, -0.15) is 0 Å². The van der Waals surface area contributed by atoms with Gasteiger partial charge in [-0.25, -0.2) is 28.4 Å². The Kier molecular flexibility index (Phi) is 77.7. The van der Waals surface area contributed by atoms with Crippen LogP contribution in [0.3, 0.4) is 0 Å². The van der Waals surface area contributed by atoms with E-state index in [1.54, 1.807) is 66.0 Å². The number of hydrogen-bond donors (Lipinski definition) is 4. The first kappa shape index (κ1) is 133. The Balaban J connectivity index is -0.00000163. The molecular formula is C119H169Cl2FO10S5. The topological polar surface area (TPSA) is 175 Å². The number of carbonyl (C=O) groups excluding carboxylic acids is 1. The smallest absolute Gasteiger partial charge is 0.338 e. The summed E-state index contributed by atoms with van der Waals surface area (Å²) in [6, 6.07) is 28.6. The Morgan fingerprint density at radius 1 is 0.263 bits per heavy atom. The van der Waals surface area contributed by atoms with E-state index in [-0.39, 0.29) is 39.4 Å². The third-order valence-electron chi connectivity index (χ3n) is 20.9. The Hall–Kier alpha value is -8.45. The van der Waals surface area contributed by atoms with E-state index >= 15 is 0 Å². The van der Waals surface area contributed by atoms with Crippen molar-refractivity contribution in [2.24, 2.45) is 0 Å². The van der Waals surface area contributed by atoms with Gasteiger partial charge in [-0.15, -0.1) is 58.8 Å². The molecule has 0 aromatic heterocycles. The van der Waals surface area contributed by atoms with Crippen molar-refractivity contribution in [1.82, 2.24) is 0 Å². The largest absolute Gasteiger partial charge is 0.478 e. The normalized spacial score (nSPS) is 12.0. The number of esters is 1. The van der Waals surface area contributed by atoms with Gasteiger partial charge in [-0.1, -0.05) is 256 Å². The predicted octanol–water partition coefficient (Wildman–Crippen LogP) is 39.6. The summed E-state index contributed by atoms with van der Waals surface area (Å²) >= 11 is 19.6. The van der Waals surface area contributed by atoms with Crippen LogP contribution in [0.4, 0.5) is 4.39 Å². The molecule has 0 amide bonds. The molecule has 0 heterocycles. The number of carbonyl (C=O) groups is 5. The Bertz CT molecular complexity index is 4870. The van der Waals surface area contributed by atoms with Crippen LogP contribution in [0.1, 0.15) is 361 Å². The number of allylic oxidation sites excluding steroid dienone is 27. The minimum Gasteiger partial charge on any atom is -0.478 e. The van der Waals surface area contributed by atoms with Crippen molar-refractivity contribution in [2.45, 2.75) is 333 Å². The van der Waals surface area contributed by atoms with Crippen LogP contribution in [0.5, 0.6) is 0 Å². The second-order valence-electron chi connectivity index (χ2n) is 35.1. The van der Waals surface area contributed by atoms with Crippen LogP contribution in [0.25, 0.3) is 0 Å². The van der Waals surface area contributed by atoms with E-state index in [0.29, 0.717) is 42.3 Å². The van der Waals surface area contributed by atoms with Crippen molar-refractivity contribution < 1.29 is 53.5 Å². The maximum Gasteiger partial charge on any atom is 0.338 e. The number of hydrogen-bond acceptors (Lipinski definition) is 11. The molecule has 0 bridgehead atoms. The zero-order chi connectivity index (χ0) is 100. The fraction of sp³-hybridized carbons (Fsp3) is 0.437. The van der Waals surface area contributed by atoms with Crippen LogP contribution in [0.2, 0.25) is 10.0 Å². The SMILES string of the molecule is C.C.C.CC(C)=CCC/C(C)=C/CC/C(C)=C/CC/C(C)=C/CSc1ccccc1C(=O)O.CC(C)=CCC/C(C)=C/CC/C(C)=C/CSc1cc(Cl)ccc1C(=O)O.CC(C)=CCC/C(C)=C/CC/C(C)=C/CSc1ccc(Cl)cc1C(=O)O.CC(C)=CCC/C(C)=C/CC/C(C)=C/CSc1ccc(F)cc1C(=O)O.COC(=O)c1ccccc1SC/C=C(\C)CC/C=C(\C)CCC=C(C)C. The molecule has 10 nitrogen and oxygen atoms in total. The lowest BCUT2D eigenvalue weighted by Gasteiger charge is -2.06. The highest BCUT2D eigenvalue weighted by molar-refractivity contribution is 8.00. The molecule has 0 radical (unpaired) electrons. The summed E-state index contributed by atoms with van der Waals surface area (Å²) < 4.78 is 18.0. The average molecular weight is 2010 g/mol. The minimum atomic E-state index is -1.10. The quantitative estimate of drug-likeness (QED) is 0.0164. The van der Waals surface area contributed by atoms with E-state index in [4.69, 9.17) is 33.0 Å². The monoisotopic (exact) mass is 2010 g/mol. The zero-order valence-corrected chi connectivity index (χ0v) is 90.2. The molecule has 0 unspecified atom stereocenters. The number of carboxylic acids is 4. The van der Waals surface area contributed by atoms with Gasteiger partial charge in [0, 0.05) is 63.3 Å². The van der Waals surface area contributed by atoms with Gasteiger partial charge in [0.15, 0.2) is 0 Å². The average Bonchev–Trinajstić information content (AvgIpc) is 0.891. The Morgan fingerprint density at radius 3 is 0.752 bits per heavy atom. The number of ether oxygens (including phenoxy) is 1. The van der Waals surface area contributed by atoms with E-state index in [9.17, 15) is 43.7 Å². The van der Waals surface area contributed by atoms with Crippen molar-refractivity contribution in [3.63, 3.8) is 0 Å². The highest BCUT2D eigenvalue weighted by Crippen LogP contribution is 2.32. The molecule has 4 N–H and O–H groups in total. The number of aromatic carboxylic acids is 4. The van der Waals surface area contributed by atoms with Crippen molar-refractivity contribution in [3.8, 4) is 0 Å². The molecule has 756 valence electrons. The fourth-order valence-electron chi connectivity index (χ4n) is 12.7.